The summed E-state index contributed by atoms with van der Waals surface area (Å²) in [6.07, 6.45) is 5.20. The first-order valence-corrected chi connectivity index (χ1v) is 7.41. The summed E-state index contributed by atoms with van der Waals surface area (Å²) in [5.74, 6) is 0. The predicted octanol–water partition coefficient (Wildman–Crippen LogP) is 2.30. The van der Waals surface area contributed by atoms with Crippen molar-refractivity contribution in [2.75, 3.05) is 6.54 Å². The molecule has 1 aliphatic rings. The number of hydrogen-bond acceptors (Lipinski definition) is 3. The Balaban J connectivity index is 1.75. The number of aryl methyl sites for hydroxylation is 1. The number of benzene rings is 1. The molecule has 0 unspecified atom stereocenters. The first-order valence-electron chi connectivity index (χ1n) is 6.62. The minimum Gasteiger partial charge on any atom is -0.314 e. The van der Waals surface area contributed by atoms with Crippen LogP contribution in [-0.4, -0.2) is 22.1 Å². The van der Waals surface area contributed by atoms with Gasteiger partial charge in [0.1, 0.15) is 0 Å². The molecule has 0 radical (unpaired) electrons. The third-order valence-electron chi connectivity index (χ3n) is 3.37. The van der Waals surface area contributed by atoms with Crippen molar-refractivity contribution >= 4 is 26.8 Å². The SMILES string of the molecule is O=c1c2cc(Br)ccc2ncn1CCCNC1CC1. The molecular formula is C14H16BrN3O. The number of rotatable bonds is 5. The Labute approximate surface area is 120 Å². The van der Waals surface area contributed by atoms with Crippen LogP contribution in [0.25, 0.3) is 10.9 Å². The molecule has 0 bridgehead atoms. The van der Waals surface area contributed by atoms with Crippen LogP contribution in [0.1, 0.15) is 19.3 Å². The molecular weight excluding hydrogens is 306 g/mol. The lowest BCUT2D eigenvalue weighted by Crippen LogP contribution is -2.24. The standard InChI is InChI=1S/C14H16BrN3O/c15-10-2-5-13-12(8-10)14(19)18(9-17-13)7-1-6-16-11-3-4-11/h2,5,8-9,11,16H,1,3-4,6-7H2. The molecule has 1 aliphatic carbocycles. The van der Waals surface area contributed by atoms with Crippen molar-refractivity contribution in [3.8, 4) is 0 Å². The molecule has 1 N–H and O–H groups in total. The molecule has 19 heavy (non-hydrogen) atoms. The van der Waals surface area contributed by atoms with Crippen LogP contribution in [0.2, 0.25) is 0 Å². The van der Waals surface area contributed by atoms with Gasteiger partial charge in [0, 0.05) is 17.1 Å². The average molecular weight is 322 g/mol. The molecule has 5 heteroatoms. The summed E-state index contributed by atoms with van der Waals surface area (Å²) in [4.78, 5) is 16.6. The summed E-state index contributed by atoms with van der Waals surface area (Å²) in [7, 11) is 0. The van der Waals surface area contributed by atoms with Crippen LogP contribution in [0, 0.1) is 0 Å². The van der Waals surface area contributed by atoms with E-state index < -0.39 is 0 Å². The van der Waals surface area contributed by atoms with Crippen molar-refractivity contribution in [1.82, 2.24) is 14.9 Å². The number of nitrogens with one attached hydrogen (secondary N) is 1. The molecule has 1 heterocycles. The van der Waals surface area contributed by atoms with Crippen LogP contribution in [0.3, 0.4) is 0 Å². The number of fused-ring (bicyclic) bond motifs is 1. The molecule has 0 aliphatic heterocycles. The lowest BCUT2D eigenvalue weighted by atomic mass is 10.2. The Kier molecular flexibility index (Phi) is 3.66. The van der Waals surface area contributed by atoms with Gasteiger partial charge in [-0.15, -0.1) is 0 Å². The molecule has 100 valence electrons. The van der Waals surface area contributed by atoms with Crippen LogP contribution in [-0.2, 0) is 6.54 Å². The Morgan fingerprint density at radius 3 is 3.05 bits per heavy atom. The molecule has 0 saturated heterocycles. The van der Waals surface area contributed by atoms with Gasteiger partial charge in [-0.05, 0) is 44.0 Å². The first kappa shape index (κ1) is 12.8. The maximum Gasteiger partial charge on any atom is 0.261 e. The van der Waals surface area contributed by atoms with Crippen molar-refractivity contribution < 1.29 is 0 Å². The Morgan fingerprint density at radius 1 is 1.42 bits per heavy atom. The van der Waals surface area contributed by atoms with Crippen LogP contribution in [0.4, 0.5) is 0 Å². The molecule has 1 saturated carbocycles. The highest BCUT2D eigenvalue weighted by atomic mass is 79.9. The van der Waals surface area contributed by atoms with E-state index in [1.165, 1.54) is 12.8 Å². The zero-order chi connectivity index (χ0) is 13.2. The lowest BCUT2D eigenvalue weighted by Gasteiger charge is -2.07. The molecule has 4 nitrogen and oxygen atoms in total. The lowest BCUT2D eigenvalue weighted by molar-refractivity contribution is 0.566. The van der Waals surface area contributed by atoms with Gasteiger partial charge in [-0.2, -0.15) is 0 Å². The second-order valence-electron chi connectivity index (χ2n) is 4.99. The number of aromatic nitrogens is 2. The molecule has 0 spiro atoms. The fraction of sp³-hybridized carbons (Fsp3) is 0.429. The van der Waals surface area contributed by atoms with Crippen molar-refractivity contribution in [1.29, 1.82) is 0 Å². The van der Waals surface area contributed by atoms with Gasteiger partial charge in [-0.25, -0.2) is 4.98 Å². The van der Waals surface area contributed by atoms with Gasteiger partial charge in [0.25, 0.3) is 5.56 Å². The summed E-state index contributed by atoms with van der Waals surface area (Å²) in [6.45, 7) is 1.68. The fourth-order valence-corrected chi connectivity index (χ4v) is 2.49. The van der Waals surface area contributed by atoms with Gasteiger partial charge >= 0.3 is 0 Å². The maximum atomic E-state index is 12.3. The van der Waals surface area contributed by atoms with Crippen molar-refractivity contribution in [2.24, 2.45) is 0 Å². The summed E-state index contributed by atoms with van der Waals surface area (Å²) in [5, 5.41) is 4.12. The number of hydrogen-bond donors (Lipinski definition) is 1. The van der Waals surface area contributed by atoms with Crippen LogP contribution >= 0.6 is 15.9 Å². The van der Waals surface area contributed by atoms with Crippen LogP contribution in [0.15, 0.2) is 33.8 Å². The van der Waals surface area contributed by atoms with Gasteiger partial charge in [0.05, 0.1) is 17.2 Å². The number of halogens is 1. The normalized spacial score (nSPS) is 15.0. The van der Waals surface area contributed by atoms with E-state index >= 15 is 0 Å². The zero-order valence-corrected chi connectivity index (χ0v) is 12.2. The monoisotopic (exact) mass is 321 g/mol. The van der Waals surface area contributed by atoms with Crippen LogP contribution in [0.5, 0.6) is 0 Å². The topological polar surface area (TPSA) is 46.9 Å². The highest BCUT2D eigenvalue weighted by Gasteiger charge is 2.19. The second-order valence-corrected chi connectivity index (χ2v) is 5.90. The first-order chi connectivity index (χ1) is 9.24. The van der Waals surface area contributed by atoms with E-state index in [-0.39, 0.29) is 5.56 Å². The summed E-state index contributed by atoms with van der Waals surface area (Å²) in [6, 6.07) is 6.32. The quantitative estimate of drug-likeness (QED) is 0.859. The van der Waals surface area contributed by atoms with Gasteiger partial charge in [-0.3, -0.25) is 9.36 Å². The largest absolute Gasteiger partial charge is 0.314 e. The second kappa shape index (κ2) is 5.43. The summed E-state index contributed by atoms with van der Waals surface area (Å²) < 4.78 is 2.61. The molecule has 0 atom stereocenters. The van der Waals surface area contributed by atoms with E-state index in [0.717, 1.165) is 29.0 Å². The summed E-state index contributed by atoms with van der Waals surface area (Å²) in [5.41, 5.74) is 0.790. The van der Waals surface area contributed by atoms with Gasteiger partial charge < -0.3 is 5.32 Å². The van der Waals surface area contributed by atoms with Gasteiger partial charge in [-0.1, -0.05) is 15.9 Å². The van der Waals surface area contributed by atoms with E-state index in [0.29, 0.717) is 11.9 Å². The predicted molar refractivity (Wildman–Crippen MR) is 79.3 cm³/mol. The average Bonchev–Trinajstić information content (AvgIpc) is 3.22. The van der Waals surface area contributed by atoms with E-state index in [4.69, 9.17) is 0 Å². The zero-order valence-electron chi connectivity index (χ0n) is 10.6. The van der Waals surface area contributed by atoms with Crippen molar-refractivity contribution in [2.45, 2.75) is 31.8 Å². The Bertz CT molecular complexity index is 649. The summed E-state index contributed by atoms with van der Waals surface area (Å²) >= 11 is 3.39. The Morgan fingerprint density at radius 2 is 2.26 bits per heavy atom. The molecule has 3 rings (SSSR count). The minimum atomic E-state index is 0.0396. The maximum absolute atomic E-state index is 12.3. The van der Waals surface area contributed by atoms with Gasteiger partial charge in [0.15, 0.2) is 0 Å². The molecule has 0 amide bonds. The van der Waals surface area contributed by atoms with E-state index in [1.807, 2.05) is 18.2 Å². The minimum absolute atomic E-state index is 0.0396. The highest BCUT2D eigenvalue weighted by Crippen LogP contribution is 2.18. The highest BCUT2D eigenvalue weighted by molar-refractivity contribution is 9.10. The third kappa shape index (κ3) is 3.04. The van der Waals surface area contributed by atoms with E-state index in [2.05, 4.69) is 26.2 Å². The Hall–Kier alpha value is -1.20. The smallest absolute Gasteiger partial charge is 0.261 e. The molecule has 1 aromatic heterocycles. The van der Waals surface area contributed by atoms with Crippen LogP contribution < -0.4 is 10.9 Å². The van der Waals surface area contributed by atoms with Crippen molar-refractivity contribution in [3.63, 3.8) is 0 Å². The van der Waals surface area contributed by atoms with E-state index in [1.54, 1.807) is 10.9 Å². The van der Waals surface area contributed by atoms with Crippen molar-refractivity contribution in [3.05, 3.63) is 39.4 Å². The third-order valence-corrected chi connectivity index (χ3v) is 3.87. The fourth-order valence-electron chi connectivity index (χ4n) is 2.13. The number of nitrogens with zero attached hydrogens (tertiary/aromatic N) is 2. The van der Waals surface area contributed by atoms with E-state index in [9.17, 15) is 4.79 Å². The molecule has 2 aromatic rings. The molecule has 1 aromatic carbocycles. The molecule has 1 fully saturated rings. The van der Waals surface area contributed by atoms with Gasteiger partial charge in [0.2, 0.25) is 0 Å².